The largest absolute Gasteiger partial charge is 0.457 e. The molecule has 4 heteroatoms. The molecule has 0 atom stereocenters. The van der Waals surface area contributed by atoms with E-state index in [9.17, 15) is 4.79 Å². The van der Waals surface area contributed by atoms with Gasteiger partial charge in [0.1, 0.15) is 11.5 Å². The Morgan fingerprint density at radius 2 is 1.52 bits per heavy atom. The predicted molar refractivity (Wildman–Crippen MR) is 110 cm³/mol. The molecule has 0 aliphatic rings. The van der Waals surface area contributed by atoms with Crippen LogP contribution < -0.4 is 4.74 Å². The Morgan fingerprint density at radius 1 is 0.815 bits per heavy atom. The highest BCUT2D eigenvalue weighted by Gasteiger charge is 2.09. The fraction of sp³-hybridized carbons (Fsp3) is 0.0435. The zero-order valence-corrected chi connectivity index (χ0v) is 15.4. The highest BCUT2D eigenvalue weighted by Crippen LogP contribution is 2.27. The fourth-order valence-electron chi connectivity index (χ4n) is 2.76. The number of Topliss-reactive ketones (excluding diaryl/α,β-unsaturated/α-hetero) is 1. The van der Waals surface area contributed by atoms with E-state index in [1.165, 1.54) is 11.8 Å². The minimum absolute atomic E-state index is 0.0900. The number of thioether (sulfide) groups is 1. The number of ketones is 1. The van der Waals surface area contributed by atoms with Crippen molar-refractivity contribution in [3.05, 3.63) is 96.7 Å². The second kappa shape index (κ2) is 8.06. The van der Waals surface area contributed by atoms with Gasteiger partial charge in [-0.3, -0.25) is 9.78 Å². The summed E-state index contributed by atoms with van der Waals surface area (Å²) in [6, 6.07) is 26.8. The molecular formula is C23H17NO2S. The number of hydrogen-bond donors (Lipinski definition) is 0. The van der Waals surface area contributed by atoms with Gasteiger partial charge in [0.05, 0.1) is 11.3 Å². The molecule has 0 unspecified atom stereocenters. The van der Waals surface area contributed by atoms with Gasteiger partial charge in [-0.1, -0.05) is 36.4 Å². The van der Waals surface area contributed by atoms with E-state index in [2.05, 4.69) is 4.98 Å². The first-order valence-electron chi connectivity index (χ1n) is 8.62. The highest BCUT2D eigenvalue weighted by atomic mass is 32.2. The third-order valence-corrected chi connectivity index (χ3v) is 5.20. The number of rotatable bonds is 6. The number of benzene rings is 3. The number of carbonyl (C=O) groups excluding carboxylic acids is 1. The van der Waals surface area contributed by atoms with Gasteiger partial charge in [0.15, 0.2) is 5.78 Å². The second-order valence-electron chi connectivity index (χ2n) is 5.98. The molecule has 1 heterocycles. The average Bonchev–Trinajstić information content (AvgIpc) is 2.73. The maximum absolute atomic E-state index is 12.5. The van der Waals surface area contributed by atoms with E-state index in [0.717, 1.165) is 21.5 Å². The van der Waals surface area contributed by atoms with E-state index in [1.54, 1.807) is 6.20 Å². The number of fused-ring (bicyclic) bond motifs is 1. The van der Waals surface area contributed by atoms with Crippen LogP contribution in [0, 0.1) is 0 Å². The lowest BCUT2D eigenvalue weighted by Gasteiger charge is -2.07. The molecular weight excluding hydrogens is 354 g/mol. The summed E-state index contributed by atoms with van der Waals surface area (Å²) in [5.74, 6) is 1.96. The van der Waals surface area contributed by atoms with Gasteiger partial charge in [-0.05, 0) is 48.5 Å². The summed E-state index contributed by atoms with van der Waals surface area (Å²) in [5.41, 5.74) is 1.62. The Kier molecular flexibility index (Phi) is 5.17. The van der Waals surface area contributed by atoms with Gasteiger partial charge in [-0.15, -0.1) is 11.8 Å². The number of hydrogen-bond acceptors (Lipinski definition) is 4. The van der Waals surface area contributed by atoms with Crippen molar-refractivity contribution in [3.8, 4) is 11.5 Å². The van der Waals surface area contributed by atoms with Crippen LogP contribution >= 0.6 is 11.8 Å². The summed E-state index contributed by atoms with van der Waals surface area (Å²) in [6.07, 6.45) is 1.78. The zero-order chi connectivity index (χ0) is 18.5. The summed E-state index contributed by atoms with van der Waals surface area (Å²) in [4.78, 5) is 18.0. The summed E-state index contributed by atoms with van der Waals surface area (Å²) >= 11 is 1.54. The summed E-state index contributed by atoms with van der Waals surface area (Å²) in [6.45, 7) is 0. The van der Waals surface area contributed by atoms with Gasteiger partial charge in [0.2, 0.25) is 0 Å². The third-order valence-electron chi connectivity index (χ3n) is 4.12. The van der Waals surface area contributed by atoms with Crippen LogP contribution in [0.25, 0.3) is 10.9 Å². The molecule has 0 N–H and O–H groups in total. The molecule has 0 saturated carbocycles. The van der Waals surface area contributed by atoms with Crippen LogP contribution in [-0.4, -0.2) is 16.5 Å². The van der Waals surface area contributed by atoms with Crippen molar-refractivity contribution in [1.82, 2.24) is 4.98 Å². The quantitative estimate of drug-likeness (QED) is 0.308. The molecule has 0 saturated heterocycles. The van der Waals surface area contributed by atoms with E-state index in [-0.39, 0.29) is 5.78 Å². The first-order valence-corrected chi connectivity index (χ1v) is 9.61. The highest BCUT2D eigenvalue weighted by molar-refractivity contribution is 8.00. The van der Waals surface area contributed by atoms with Crippen molar-refractivity contribution in [2.45, 2.75) is 4.90 Å². The zero-order valence-electron chi connectivity index (χ0n) is 14.5. The SMILES string of the molecule is O=C(CSc1ccnc2ccccc12)c1ccc(Oc2ccccc2)cc1. The fourth-order valence-corrected chi connectivity index (χ4v) is 3.69. The molecule has 1 aromatic heterocycles. The molecule has 3 aromatic carbocycles. The minimum atomic E-state index is 0.0900. The number of para-hydroxylation sites is 2. The number of carbonyl (C=O) groups is 1. The van der Waals surface area contributed by atoms with Gasteiger partial charge in [-0.25, -0.2) is 0 Å². The third kappa shape index (κ3) is 4.18. The second-order valence-corrected chi connectivity index (χ2v) is 6.99. The molecule has 0 radical (unpaired) electrons. The number of ether oxygens (including phenoxy) is 1. The molecule has 0 fully saturated rings. The van der Waals surface area contributed by atoms with Crippen molar-refractivity contribution in [2.75, 3.05) is 5.75 Å². The maximum atomic E-state index is 12.5. The van der Waals surface area contributed by atoms with Gasteiger partial charge < -0.3 is 4.74 Å². The Bertz CT molecular complexity index is 1060. The van der Waals surface area contributed by atoms with Gasteiger partial charge in [-0.2, -0.15) is 0 Å². The van der Waals surface area contributed by atoms with Crippen molar-refractivity contribution in [2.24, 2.45) is 0 Å². The number of nitrogens with zero attached hydrogens (tertiary/aromatic N) is 1. The van der Waals surface area contributed by atoms with Gasteiger partial charge in [0, 0.05) is 22.0 Å². The van der Waals surface area contributed by atoms with Crippen LogP contribution in [0.15, 0.2) is 96.0 Å². The maximum Gasteiger partial charge on any atom is 0.173 e. The molecule has 3 nitrogen and oxygen atoms in total. The predicted octanol–water partition coefficient (Wildman–Crippen LogP) is 6.00. The van der Waals surface area contributed by atoms with Gasteiger partial charge >= 0.3 is 0 Å². The lowest BCUT2D eigenvalue weighted by molar-refractivity contribution is 0.102. The molecule has 4 aromatic rings. The van der Waals surface area contributed by atoms with E-state index in [1.807, 2.05) is 84.9 Å². The minimum Gasteiger partial charge on any atom is -0.457 e. The Labute approximate surface area is 162 Å². The topological polar surface area (TPSA) is 39.2 Å². The van der Waals surface area contributed by atoms with Crippen LogP contribution in [0.3, 0.4) is 0 Å². The van der Waals surface area contributed by atoms with E-state index < -0.39 is 0 Å². The van der Waals surface area contributed by atoms with Crippen molar-refractivity contribution in [1.29, 1.82) is 0 Å². The molecule has 0 spiro atoms. The molecule has 0 bridgehead atoms. The van der Waals surface area contributed by atoms with E-state index >= 15 is 0 Å². The normalized spacial score (nSPS) is 10.7. The Hall–Kier alpha value is -3.11. The number of pyridine rings is 1. The summed E-state index contributed by atoms with van der Waals surface area (Å²) < 4.78 is 5.77. The average molecular weight is 371 g/mol. The summed E-state index contributed by atoms with van der Waals surface area (Å²) in [7, 11) is 0. The monoisotopic (exact) mass is 371 g/mol. The van der Waals surface area contributed by atoms with E-state index in [4.69, 9.17) is 4.74 Å². The Morgan fingerprint density at radius 3 is 2.33 bits per heavy atom. The van der Waals surface area contributed by atoms with Crippen molar-refractivity contribution < 1.29 is 9.53 Å². The van der Waals surface area contributed by atoms with Crippen LogP contribution in [-0.2, 0) is 0 Å². The van der Waals surface area contributed by atoms with Crippen LogP contribution in [0.5, 0.6) is 11.5 Å². The van der Waals surface area contributed by atoms with Gasteiger partial charge in [0.25, 0.3) is 0 Å². The summed E-state index contributed by atoms with van der Waals surface area (Å²) in [5, 5.41) is 1.07. The lowest BCUT2D eigenvalue weighted by atomic mass is 10.1. The lowest BCUT2D eigenvalue weighted by Crippen LogP contribution is -2.02. The standard InChI is InChI=1S/C23H17NO2S/c25-22(16-27-23-14-15-24-21-9-5-4-8-20(21)23)17-10-12-19(13-11-17)26-18-6-2-1-3-7-18/h1-15H,16H2. The molecule has 4 rings (SSSR count). The van der Waals surface area contributed by atoms with E-state index in [0.29, 0.717) is 17.1 Å². The van der Waals surface area contributed by atoms with Crippen molar-refractivity contribution >= 4 is 28.4 Å². The molecule has 0 aliphatic carbocycles. The Balaban J connectivity index is 1.42. The smallest absolute Gasteiger partial charge is 0.173 e. The van der Waals surface area contributed by atoms with Crippen molar-refractivity contribution in [3.63, 3.8) is 0 Å². The first kappa shape index (κ1) is 17.3. The molecule has 27 heavy (non-hydrogen) atoms. The first-order chi connectivity index (χ1) is 13.3. The molecule has 132 valence electrons. The van der Waals surface area contributed by atoms with Crippen LogP contribution in [0.1, 0.15) is 10.4 Å². The molecule has 0 aliphatic heterocycles. The number of aromatic nitrogens is 1. The van der Waals surface area contributed by atoms with Crippen LogP contribution in [0.2, 0.25) is 0 Å². The van der Waals surface area contributed by atoms with Crippen LogP contribution in [0.4, 0.5) is 0 Å². The molecule has 0 amide bonds.